The fraction of sp³-hybridized carbons (Fsp3) is 0.435. The predicted octanol–water partition coefficient (Wildman–Crippen LogP) is 3.56. The maximum Gasteiger partial charge on any atom is 0.290 e. The molecule has 152 valence electrons. The van der Waals surface area contributed by atoms with Gasteiger partial charge in [0.15, 0.2) is 11.9 Å². The Bertz CT molecular complexity index is 851. The van der Waals surface area contributed by atoms with E-state index in [0.717, 1.165) is 11.1 Å². The Morgan fingerprint density at radius 3 is 2.14 bits per heavy atom. The maximum absolute atomic E-state index is 9.96. The largest absolute Gasteiger partial charge is 0.374 e. The van der Waals surface area contributed by atoms with E-state index < -0.39 is 29.9 Å². The molecule has 0 aliphatic carbocycles. The SMILES string of the molecule is CC1(C)O[C@H]2[C@@H](O1)[C@](C#N)(OCc1ccccc1)O[C@@H]2COCc1ccccc1. The number of ether oxygens (including phenoxy) is 5. The lowest BCUT2D eigenvalue weighted by atomic mass is 10.1. The van der Waals surface area contributed by atoms with Crippen LogP contribution in [0.3, 0.4) is 0 Å². The van der Waals surface area contributed by atoms with E-state index in [1.165, 1.54) is 0 Å². The van der Waals surface area contributed by atoms with Gasteiger partial charge in [-0.05, 0) is 25.0 Å². The molecule has 0 amide bonds. The van der Waals surface area contributed by atoms with Gasteiger partial charge in [0.05, 0.1) is 19.8 Å². The number of benzene rings is 2. The first-order valence-electron chi connectivity index (χ1n) is 9.76. The molecule has 2 aromatic rings. The van der Waals surface area contributed by atoms with Crippen LogP contribution >= 0.6 is 0 Å². The third kappa shape index (κ3) is 4.35. The van der Waals surface area contributed by atoms with E-state index in [1.54, 1.807) is 0 Å². The summed E-state index contributed by atoms with van der Waals surface area (Å²) in [7, 11) is 0. The summed E-state index contributed by atoms with van der Waals surface area (Å²) in [5.41, 5.74) is 2.02. The molecule has 0 bridgehead atoms. The fourth-order valence-electron chi connectivity index (χ4n) is 3.71. The summed E-state index contributed by atoms with van der Waals surface area (Å²) in [6.45, 7) is 4.61. The number of nitriles is 1. The summed E-state index contributed by atoms with van der Waals surface area (Å²) in [6, 6.07) is 21.7. The average Bonchev–Trinajstić information content (AvgIpc) is 3.20. The highest BCUT2D eigenvalue weighted by atomic mass is 16.8. The zero-order chi connectivity index (χ0) is 20.3. The molecule has 4 rings (SSSR count). The Morgan fingerprint density at radius 2 is 1.52 bits per heavy atom. The van der Waals surface area contributed by atoms with Crippen LogP contribution in [0.15, 0.2) is 60.7 Å². The molecule has 0 unspecified atom stereocenters. The molecule has 6 heteroatoms. The second kappa shape index (κ2) is 8.23. The van der Waals surface area contributed by atoms with Gasteiger partial charge in [-0.3, -0.25) is 0 Å². The second-order valence-corrected chi connectivity index (χ2v) is 7.73. The third-order valence-corrected chi connectivity index (χ3v) is 5.04. The zero-order valence-corrected chi connectivity index (χ0v) is 16.6. The summed E-state index contributed by atoms with van der Waals surface area (Å²) in [5, 5.41) is 9.96. The molecule has 4 atom stereocenters. The van der Waals surface area contributed by atoms with E-state index in [4.69, 9.17) is 23.7 Å². The summed E-state index contributed by atoms with van der Waals surface area (Å²) >= 11 is 0. The molecule has 2 aromatic carbocycles. The average molecular weight is 395 g/mol. The van der Waals surface area contributed by atoms with Gasteiger partial charge < -0.3 is 23.7 Å². The van der Waals surface area contributed by atoms with Gasteiger partial charge in [-0.1, -0.05) is 60.7 Å². The van der Waals surface area contributed by atoms with Gasteiger partial charge in [-0.15, -0.1) is 0 Å². The van der Waals surface area contributed by atoms with Gasteiger partial charge in [0.2, 0.25) is 0 Å². The topological polar surface area (TPSA) is 69.9 Å². The lowest BCUT2D eigenvalue weighted by Gasteiger charge is -2.29. The number of hydrogen-bond acceptors (Lipinski definition) is 6. The smallest absolute Gasteiger partial charge is 0.290 e. The van der Waals surface area contributed by atoms with Gasteiger partial charge in [-0.25, -0.2) is 0 Å². The number of rotatable bonds is 7. The fourth-order valence-corrected chi connectivity index (χ4v) is 3.71. The van der Waals surface area contributed by atoms with Crippen LogP contribution < -0.4 is 0 Å². The third-order valence-electron chi connectivity index (χ3n) is 5.04. The highest BCUT2D eigenvalue weighted by molar-refractivity contribution is 5.17. The van der Waals surface area contributed by atoms with Crippen molar-refractivity contribution in [3.63, 3.8) is 0 Å². The summed E-state index contributed by atoms with van der Waals surface area (Å²) < 4.78 is 30.0. The van der Waals surface area contributed by atoms with Gasteiger partial charge in [0.25, 0.3) is 5.79 Å². The molecule has 0 spiro atoms. The Morgan fingerprint density at radius 1 is 0.897 bits per heavy atom. The van der Waals surface area contributed by atoms with E-state index in [9.17, 15) is 5.26 Å². The maximum atomic E-state index is 9.96. The monoisotopic (exact) mass is 395 g/mol. The summed E-state index contributed by atoms with van der Waals surface area (Å²) in [4.78, 5) is 0. The van der Waals surface area contributed by atoms with Crippen LogP contribution in [0, 0.1) is 11.3 Å². The highest BCUT2D eigenvalue weighted by Gasteiger charge is 2.64. The molecule has 2 aliphatic heterocycles. The van der Waals surface area contributed by atoms with Crippen molar-refractivity contribution in [2.75, 3.05) is 6.61 Å². The molecule has 29 heavy (non-hydrogen) atoms. The first-order valence-corrected chi connectivity index (χ1v) is 9.76. The standard InChI is InChI=1S/C23H25NO5/c1-22(2)28-20-19(15-25-13-17-9-5-3-6-10-17)27-23(16-24,21(20)29-22)26-14-18-11-7-4-8-12-18/h3-12,19-21H,13-15H2,1-2H3/t19-,20-,21-,23-/m1/s1. The van der Waals surface area contributed by atoms with Crippen LogP contribution in [0.2, 0.25) is 0 Å². The molecule has 2 heterocycles. The summed E-state index contributed by atoms with van der Waals surface area (Å²) in [6.07, 6.45) is -1.58. The van der Waals surface area contributed by atoms with E-state index in [1.807, 2.05) is 74.5 Å². The van der Waals surface area contributed by atoms with E-state index >= 15 is 0 Å². The van der Waals surface area contributed by atoms with Crippen molar-refractivity contribution in [3.05, 3.63) is 71.8 Å². The Kier molecular flexibility index (Phi) is 5.68. The molecule has 2 aliphatic rings. The normalized spacial score (nSPS) is 30.0. The van der Waals surface area contributed by atoms with Crippen LogP contribution in [0.1, 0.15) is 25.0 Å². The molecule has 0 N–H and O–H groups in total. The van der Waals surface area contributed by atoms with Gasteiger partial charge in [-0.2, -0.15) is 5.26 Å². The highest BCUT2D eigenvalue weighted by Crippen LogP contribution is 2.45. The lowest BCUT2D eigenvalue weighted by Crippen LogP contribution is -2.44. The van der Waals surface area contributed by atoms with Crippen molar-refractivity contribution in [2.24, 2.45) is 0 Å². The molecule has 0 aromatic heterocycles. The van der Waals surface area contributed by atoms with E-state index in [0.29, 0.717) is 6.61 Å². The molecule has 0 radical (unpaired) electrons. The van der Waals surface area contributed by atoms with Crippen LogP contribution in [0.4, 0.5) is 0 Å². The van der Waals surface area contributed by atoms with Crippen molar-refractivity contribution >= 4 is 0 Å². The Labute approximate surface area is 170 Å². The van der Waals surface area contributed by atoms with Crippen molar-refractivity contribution in [2.45, 2.75) is 56.9 Å². The van der Waals surface area contributed by atoms with Gasteiger partial charge in [0.1, 0.15) is 18.3 Å². The van der Waals surface area contributed by atoms with Crippen molar-refractivity contribution in [1.29, 1.82) is 5.26 Å². The first-order chi connectivity index (χ1) is 14.0. The number of fused-ring (bicyclic) bond motifs is 1. The Hall–Kier alpha value is -2.27. The first kappa shape index (κ1) is 20.0. The quantitative estimate of drug-likeness (QED) is 0.714. The second-order valence-electron chi connectivity index (χ2n) is 7.73. The summed E-state index contributed by atoms with van der Waals surface area (Å²) in [5.74, 6) is -2.37. The predicted molar refractivity (Wildman–Crippen MR) is 104 cm³/mol. The molecular formula is C23H25NO5. The lowest BCUT2D eigenvalue weighted by molar-refractivity contribution is -0.274. The molecule has 2 saturated heterocycles. The Balaban J connectivity index is 1.46. The minimum atomic E-state index is -1.55. The minimum absolute atomic E-state index is 0.235. The zero-order valence-electron chi connectivity index (χ0n) is 16.6. The van der Waals surface area contributed by atoms with Crippen LogP contribution in [-0.2, 0) is 36.9 Å². The molecule has 2 fully saturated rings. The molecule has 0 saturated carbocycles. The van der Waals surface area contributed by atoms with Crippen molar-refractivity contribution in [1.82, 2.24) is 0 Å². The van der Waals surface area contributed by atoms with E-state index in [-0.39, 0.29) is 13.2 Å². The van der Waals surface area contributed by atoms with Crippen LogP contribution in [-0.4, -0.2) is 36.5 Å². The van der Waals surface area contributed by atoms with Crippen LogP contribution in [0.25, 0.3) is 0 Å². The molecule has 6 nitrogen and oxygen atoms in total. The molecular weight excluding hydrogens is 370 g/mol. The van der Waals surface area contributed by atoms with Gasteiger partial charge >= 0.3 is 0 Å². The minimum Gasteiger partial charge on any atom is -0.374 e. The van der Waals surface area contributed by atoms with Crippen molar-refractivity contribution < 1.29 is 23.7 Å². The number of nitrogens with zero attached hydrogens (tertiary/aromatic N) is 1. The van der Waals surface area contributed by atoms with E-state index in [2.05, 4.69) is 6.07 Å². The van der Waals surface area contributed by atoms with Crippen molar-refractivity contribution in [3.8, 4) is 6.07 Å². The van der Waals surface area contributed by atoms with Crippen LogP contribution in [0.5, 0.6) is 0 Å². The number of hydrogen-bond donors (Lipinski definition) is 0. The van der Waals surface area contributed by atoms with Gasteiger partial charge in [0, 0.05) is 0 Å².